The minimum Gasteiger partial charge on any atom is -0.478 e. The number of aryl methyl sites for hydroxylation is 1. The van der Waals surface area contributed by atoms with E-state index in [9.17, 15) is 4.79 Å². The number of carbonyl (C=O) groups is 1. The third-order valence-electron chi connectivity index (χ3n) is 3.54. The molecule has 0 atom stereocenters. The molecule has 1 aliphatic heterocycles. The van der Waals surface area contributed by atoms with E-state index in [2.05, 4.69) is 14.8 Å². The van der Waals surface area contributed by atoms with Gasteiger partial charge in [0.05, 0.1) is 5.56 Å². The molecule has 21 heavy (non-hydrogen) atoms. The minimum atomic E-state index is -0.961. The fourth-order valence-corrected chi connectivity index (χ4v) is 3.34. The Kier molecular flexibility index (Phi) is 3.83. The molecule has 2 aromatic rings. The molecule has 0 saturated carbocycles. The van der Waals surface area contributed by atoms with Gasteiger partial charge in [-0.05, 0) is 42.8 Å². The van der Waals surface area contributed by atoms with E-state index in [1.165, 1.54) is 24.2 Å². The van der Waals surface area contributed by atoms with Crippen molar-refractivity contribution in [2.24, 2.45) is 0 Å². The Morgan fingerprint density at radius 3 is 2.95 bits per heavy atom. The second-order valence-electron chi connectivity index (χ2n) is 5.02. The smallest absolute Gasteiger partial charge is 0.335 e. The average Bonchev–Trinajstić information content (AvgIpc) is 2.70. The van der Waals surface area contributed by atoms with Crippen molar-refractivity contribution < 1.29 is 9.90 Å². The number of nitrogens with two attached hydrogens (primary N) is 1. The lowest BCUT2D eigenvalue weighted by atomic mass is 10.2. The summed E-state index contributed by atoms with van der Waals surface area (Å²) in [7, 11) is 0. The van der Waals surface area contributed by atoms with Crippen LogP contribution in [0.1, 0.15) is 35.4 Å². The summed E-state index contributed by atoms with van der Waals surface area (Å²) < 4.78 is 2.12. The third kappa shape index (κ3) is 2.87. The SMILES string of the molecule is Nc1ccc(C(=O)O)cc1Sc1nnc2n1CCCCC2. The average molecular weight is 304 g/mol. The lowest BCUT2D eigenvalue weighted by Gasteiger charge is -2.08. The molecule has 0 radical (unpaired) electrons. The van der Waals surface area contributed by atoms with Crippen molar-refractivity contribution in [2.45, 2.75) is 42.3 Å². The summed E-state index contributed by atoms with van der Waals surface area (Å²) >= 11 is 1.38. The number of aromatic nitrogens is 3. The van der Waals surface area contributed by atoms with E-state index < -0.39 is 5.97 Å². The molecule has 7 heteroatoms. The van der Waals surface area contributed by atoms with Gasteiger partial charge in [-0.3, -0.25) is 0 Å². The van der Waals surface area contributed by atoms with Crippen LogP contribution < -0.4 is 5.73 Å². The van der Waals surface area contributed by atoms with Crippen molar-refractivity contribution in [2.75, 3.05) is 5.73 Å². The minimum absolute atomic E-state index is 0.224. The lowest BCUT2D eigenvalue weighted by molar-refractivity contribution is 0.0696. The van der Waals surface area contributed by atoms with E-state index in [1.54, 1.807) is 12.1 Å². The molecule has 1 aromatic carbocycles. The Hall–Kier alpha value is -2.02. The normalized spacial score (nSPS) is 14.5. The van der Waals surface area contributed by atoms with Crippen LogP contribution in [-0.2, 0) is 13.0 Å². The van der Waals surface area contributed by atoms with Gasteiger partial charge >= 0.3 is 5.97 Å². The molecule has 1 aliphatic rings. The second kappa shape index (κ2) is 5.77. The van der Waals surface area contributed by atoms with Crippen LogP contribution in [-0.4, -0.2) is 25.8 Å². The predicted octanol–water partition coefficient (Wildman–Crippen LogP) is 2.44. The number of fused-ring (bicyclic) bond motifs is 1. The number of hydrogen-bond donors (Lipinski definition) is 2. The van der Waals surface area contributed by atoms with Crippen LogP contribution in [0.4, 0.5) is 5.69 Å². The largest absolute Gasteiger partial charge is 0.478 e. The maximum atomic E-state index is 11.1. The molecule has 2 heterocycles. The van der Waals surface area contributed by atoms with E-state index in [0.29, 0.717) is 10.6 Å². The van der Waals surface area contributed by atoms with Gasteiger partial charge in [-0.1, -0.05) is 6.42 Å². The quantitative estimate of drug-likeness (QED) is 0.846. The standard InChI is InChI=1S/C14H16N4O2S/c15-10-6-5-9(13(19)20)8-11(10)21-14-17-16-12-4-2-1-3-7-18(12)14/h5-6,8H,1-4,7,15H2,(H,19,20). The summed E-state index contributed by atoms with van der Waals surface area (Å²) in [6, 6.07) is 4.71. The van der Waals surface area contributed by atoms with Crippen LogP contribution in [0, 0.1) is 0 Å². The molecule has 110 valence electrons. The van der Waals surface area contributed by atoms with Crippen molar-refractivity contribution in [3.63, 3.8) is 0 Å². The Labute approximate surface area is 126 Å². The van der Waals surface area contributed by atoms with Crippen LogP contribution in [0.15, 0.2) is 28.3 Å². The Balaban J connectivity index is 1.92. The maximum Gasteiger partial charge on any atom is 0.335 e. The van der Waals surface area contributed by atoms with Gasteiger partial charge in [0.25, 0.3) is 0 Å². The molecule has 0 amide bonds. The van der Waals surface area contributed by atoms with E-state index in [-0.39, 0.29) is 5.56 Å². The summed E-state index contributed by atoms with van der Waals surface area (Å²) in [5, 5.41) is 18.3. The van der Waals surface area contributed by atoms with Gasteiger partial charge in [-0.15, -0.1) is 10.2 Å². The molecule has 0 fully saturated rings. The molecular weight excluding hydrogens is 288 g/mol. The van der Waals surface area contributed by atoms with Crippen LogP contribution in [0.5, 0.6) is 0 Å². The highest BCUT2D eigenvalue weighted by Gasteiger charge is 2.17. The molecule has 3 N–H and O–H groups in total. The van der Waals surface area contributed by atoms with Crippen LogP contribution in [0.2, 0.25) is 0 Å². The molecule has 1 aromatic heterocycles. The van der Waals surface area contributed by atoms with Crippen LogP contribution in [0.25, 0.3) is 0 Å². The lowest BCUT2D eigenvalue weighted by Crippen LogP contribution is -2.03. The maximum absolute atomic E-state index is 11.1. The van der Waals surface area contributed by atoms with Crippen LogP contribution in [0.3, 0.4) is 0 Å². The first-order valence-electron chi connectivity index (χ1n) is 6.88. The van der Waals surface area contributed by atoms with Gasteiger partial charge in [0, 0.05) is 23.5 Å². The monoisotopic (exact) mass is 304 g/mol. The summed E-state index contributed by atoms with van der Waals surface area (Å²) in [5.74, 6) is 0.0416. The van der Waals surface area contributed by atoms with Gasteiger partial charge < -0.3 is 15.4 Å². The van der Waals surface area contributed by atoms with Gasteiger partial charge in [0.15, 0.2) is 5.16 Å². The highest BCUT2D eigenvalue weighted by molar-refractivity contribution is 7.99. The second-order valence-corrected chi connectivity index (χ2v) is 6.03. The van der Waals surface area contributed by atoms with Crippen molar-refractivity contribution in [3.8, 4) is 0 Å². The van der Waals surface area contributed by atoms with Gasteiger partial charge in [0.2, 0.25) is 0 Å². The topological polar surface area (TPSA) is 94.0 Å². The number of carboxylic acids is 1. The number of hydrogen-bond acceptors (Lipinski definition) is 5. The van der Waals surface area contributed by atoms with Crippen molar-refractivity contribution in [1.82, 2.24) is 14.8 Å². The third-order valence-corrected chi connectivity index (χ3v) is 4.60. The number of nitrogens with zero attached hydrogens (tertiary/aromatic N) is 3. The number of benzene rings is 1. The van der Waals surface area contributed by atoms with E-state index >= 15 is 0 Å². The predicted molar refractivity (Wildman–Crippen MR) is 79.5 cm³/mol. The number of rotatable bonds is 3. The number of nitrogen functional groups attached to an aromatic ring is 1. The molecule has 0 unspecified atom stereocenters. The summed E-state index contributed by atoms with van der Waals surface area (Å²) in [5.41, 5.74) is 6.72. The number of carboxylic acid groups (broad SMARTS) is 1. The molecule has 6 nitrogen and oxygen atoms in total. The molecule has 0 spiro atoms. The van der Waals surface area contributed by atoms with Gasteiger partial charge in [0.1, 0.15) is 5.82 Å². The zero-order valence-electron chi connectivity index (χ0n) is 11.5. The highest BCUT2D eigenvalue weighted by Crippen LogP contribution is 2.33. The zero-order chi connectivity index (χ0) is 14.8. The Morgan fingerprint density at radius 2 is 2.14 bits per heavy atom. The van der Waals surface area contributed by atoms with E-state index in [1.807, 2.05) is 0 Å². The molecular formula is C14H16N4O2S. The molecule has 0 bridgehead atoms. The van der Waals surface area contributed by atoms with Gasteiger partial charge in [-0.2, -0.15) is 0 Å². The van der Waals surface area contributed by atoms with Crippen molar-refractivity contribution in [3.05, 3.63) is 29.6 Å². The van der Waals surface area contributed by atoms with E-state index in [4.69, 9.17) is 10.8 Å². The molecule has 3 rings (SSSR count). The summed E-state index contributed by atoms with van der Waals surface area (Å²) in [4.78, 5) is 11.8. The Bertz CT molecular complexity index is 684. The fourth-order valence-electron chi connectivity index (χ4n) is 2.39. The summed E-state index contributed by atoms with van der Waals surface area (Å²) in [6.07, 6.45) is 4.39. The van der Waals surface area contributed by atoms with Crippen molar-refractivity contribution in [1.29, 1.82) is 0 Å². The number of anilines is 1. The first-order chi connectivity index (χ1) is 10.1. The zero-order valence-corrected chi connectivity index (χ0v) is 12.3. The fraction of sp³-hybridized carbons (Fsp3) is 0.357. The van der Waals surface area contributed by atoms with Crippen LogP contribution >= 0.6 is 11.8 Å². The highest BCUT2D eigenvalue weighted by atomic mass is 32.2. The van der Waals surface area contributed by atoms with E-state index in [0.717, 1.165) is 36.8 Å². The first-order valence-corrected chi connectivity index (χ1v) is 7.69. The molecule has 0 aliphatic carbocycles. The molecule has 0 saturated heterocycles. The van der Waals surface area contributed by atoms with Gasteiger partial charge in [-0.25, -0.2) is 4.79 Å². The van der Waals surface area contributed by atoms with Crippen molar-refractivity contribution >= 4 is 23.4 Å². The number of aromatic carboxylic acids is 1. The Morgan fingerprint density at radius 1 is 1.29 bits per heavy atom. The first kappa shape index (κ1) is 13.9. The summed E-state index contributed by atoms with van der Waals surface area (Å²) in [6.45, 7) is 0.906.